The molecule has 0 aliphatic carbocycles. The second kappa shape index (κ2) is 12.7. The number of rotatable bonds is 9. The Labute approximate surface area is 204 Å². The van der Waals surface area contributed by atoms with Gasteiger partial charge in [-0.3, -0.25) is 9.48 Å². The highest BCUT2D eigenvalue weighted by Crippen LogP contribution is 2.25. The number of nitrogens with zero attached hydrogens (tertiary/aromatic N) is 6. The number of anilines is 2. The summed E-state index contributed by atoms with van der Waals surface area (Å²) in [5.74, 6) is 2.27. The zero-order valence-electron chi connectivity index (χ0n) is 20.0. The van der Waals surface area contributed by atoms with Crippen LogP contribution in [-0.4, -0.2) is 74.4 Å². The fourth-order valence-corrected chi connectivity index (χ4v) is 4.43. The number of amides is 1. The number of hydrogen-bond acceptors (Lipinski definition) is 7. The highest BCUT2D eigenvalue weighted by Gasteiger charge is 2.26. The summed E-state index contributed by atoms with van der Waals surface area (Å²) >= 11 is 1.69. The Bertz CT molecular complexity index is 954. The molecule has 2 aromatic rings. The van der Waals surface area contributed by atoms with Gasteiger partial charge in [-0.05, 0) is 25.0 Å². The molecule has 2 aliphatic rings. The summed E-state index contributed by atoms with van der Waals surface area (Å²) in [6, 6.07) is 0. The molecular weight excluding hydrogens is 462 g/mol. The molecule has 0 radical (unpaired) electrons. The van der Waals surface area contributed by atoms with Crippen LogP contribution >= 0.6 is 11.8 Å². The standard InChI is InChI=1S/C20H28F2N8OS.C2H6.H2/c1-32-6-4-18(31)28-5-2-3-14(10-28)11-30-19-15(8-25-30)7-23-20(27-19)26-16-9-24-29(12-16)13-17(21)22;1-2;/h7-9,12,14,17,20,26-27H,2-6,10-11,13H2,1H3;1-2H3;1H. The van der Waals surface area contributed by atoms with Crippen molar-refractivity contribution in [3.8, 4) is 0 Å². The van der Waals surface area contributed by atoms with Crippen LogP contribution in [0.1, 0.15) is 40.1 Å². The van der Waals surface area contributed by atoms with Crippen LogP contribution in [0.4, 0.5) is 20.3 Å². The van der Waals surface area contributed by atoms with Crippen LogP contribution in [-0.2, 0) is 17.9 Å². The highest BCUT2D eigenvalue weighted by molar-refractivity contribution is 7.98. The quantitative estimate of drug-likeness (QED) is 0.546. The predicted octanol–water partition coefficient (Wildman–Crippen LogP) is 3.85. The van der Waals surface area contributed by atoms with E-state index in [1.807, 2.05) is 29.7 Å². The smallest absolute Gasteiger partial charge is 0.257 e. The first-order valence-corrected chi connectivity index (χ1v) is 13.1. The van der Waals surface area contributed by atoms with Gasteiger partial charge < -0.3 is 15.5 Å². The average molecular weight is 499 g/mol. The lowest BCUT2D eigenvalue weighted by Crippen LogP contribution is -2.41. The number of piperidine rings is 1. The number of aromatic nitrogens is 4. The topological polar surface area (TPSA) is 92.4 Å². The molecule has 34 heavy (non-hydrogen) atoms. The third kappa shape index (κ3) is 6.94. The molecule has 4 rings (SSSR count). The van der Waals surface area contributed by atoms with Crippen molar-refractivity contribution in [2.75, 3.05) is 35.7 Å². The van der Waals surface area contributed by atoms with Crippen LogP contribution in [0, 0.1) is 5.92 Å². The van der Waals surface area contributed by atoms with Gasteiger partial charge in [0.15, 0.2) is 6.29 Å². The molecule has 190 valence electrons. The Kier molecular flexibility index (Phi) is 9.73. The van der Waals surface area contributed by atoms with Crippen LogP contribution < -0.4 is 10.6 Å². The molecule has 2 N–H and O–H groups in total. The van der Waals surface area contributed by atoms with Gasteiger partial charge in [0.05, 0.1) is 23.6 Å². The Morgan fingerprint density at radius 1 is 1.35 bits per heavy atom. The Morgan fingerprint density at radius 3 is 2.94 bits per heavy atom. The average Bonchev–Trinajstić information content (AvgIpc) is 3.45. The lowest BCUT2D eigenvalue weighted by Gasteiger charge is -2.33. The van der Waals surface area contributed by atoms with Crippen LogP contribution in [0.15, 0.2) is 23.6 Å². The Morgan fingerprint density at radius 2 is 2.18 bits per heavy atom. The number of thioether (sulfide) groups is 1. The van der Waals surface area contributed by atoms with E-state index in [0.29, 0.717) is 24.6 Å². The van der Waals surface area contributed by atoms with Gasteiger partial charge >= 0.3 is 0 Å². The minimum absolute atomic E-state index is 0. The molecule has 0 spiro atoms. The first-order valence-electron chi connectivity index (χ1n) is 11.7. The minimum atomic E-state index is -2.46. The van der Waals surface area contributed by atoms with Crippen molar-refractivity contribution in [1.29, 1.82) is 0 Å². The van der Waals surface area contributed by atoms with E-state index in [-0.39, 0.29) is 7.33 Å². The van der Waals surface area contributed by atoms with Gasteiger partial charge in [0, 0.05) is 45.6 Å². The number of nitrogens with one attached hydrogen (secondary N) is 2. The summed E-state index contributed by atoms with van der Waals surface area (Å²) < 4.78 is 28.2. The van der Waals surface area contributed by atoms with Crippen LogP contribution in [0.5, 0.6) is 0 Å². The van der Waals surface area contributed by atoms with Crippen molar-refractivity contribution >= 4 is 35.4 Å². The Hall–Kier alpha value is -2.63. The number of carbonyl (C=O) groups excluding carboxylic acids is 1. The number of aliphatic imine (C=N–C) groups is 1. The molecule has 0 saturated carbocycles. The van der Waals surface area contributed by atoms with E-state index >= 15 is 0 Å². The number of carbonyl (C=O) groups is 1. The van der Waals surface area contributed by atoms with Crippen LogP contribution in [0.25, 0.3) is 0 Å². The van der Waals surface area contributed by atoms with Crippen molar-refractivity contribution in [3.05, 3.63) is 24.2 Å². The number of halogens is 2. The van der Waals surface area contributed by atoms with E-state index in [9.17, 15) is 13.6 Å². The zero-order valence-corrected chi connectivity index (χ0v) is 20.8. The summed E-state index contributed by atoms with van der Waals surface area (Å²) in [7, 11) is 0. The van der Waals surface area contributed by atoms with Crippen LogP contribution in [0.3, 0.4) is 0 Å². The molecular formula is C22H36F2N8OS. The molecule has 2 aliphatic heterocycles. The first kappa shape index (κ1) is 26.0. The molecule has 2 aromatic heterocycles. The van der Waals surface area contributed by atoms with Gasteiger partial charge in [-0.1, -0.05) is 13.8 Å². The maximum Gasteiger partial charge on any atom is 0.257 e. The van der Waals surface area contributed by atoms with Gasteiger partial charge in [0.2, 0.25) is 5.91 Å². The molecule has 2 atom stereocenters. The summed E-state index contributed by atoms with van der Waals surface area (Å²) in [4.78, 5) is 18.8. The molecule has 1 fully saturated rings. The van der Waals surface area contributed by atoms with Gasteiger partial charge in [0.25, 0.3) is 6.43 Å². The third-order valence-electron chi connectivity index (χ3n) is 5.59. The summed E-state index contributed by atoms with van der Waals surface area (Å²) in [6.45, 7) is 5.84. The van der Waals surface area contributed by atoms with Crippen LogP contribution in [0.2, 0.25) is 0 Å². The van der Waals surface area contributed by atoms with Gasteiger partial charge in [-0.2, -0.15) is 22.0 Å². The normalized spacial score (nSPS) is 19.3. The monoisotopic (exact) mass is 498 g/mol. The Balaban J connectivity index is 0.00000140. The number of alkyl halides is 2. The fraction of sp³-hybridized carbons (Fsp3) is 0.636. The van der Waals surface area contributed by atoms with Crippen molar-refractivity contribution < 1.29 is 15.0 Å². The molecule has 1 amide bonds. The molecule has 2 unspecified atom stereocenters. The minimum Gasteiger partial charge on any atom is -0.344 e. The van der Waals surface area contributed by atoms with Gasteiger partial charge in [-0.25, -0.2) is 18.5 Å². The highest BCUT2D eigenvalue weighted by atomic mass is 32.2. The summed E-state index contributed by atoms with van der Waals surface area (Å²) in [5.41, 5.74) is 1.49. The largest absolute Gasteiger partial charge is 0.344 e. The third-order valence-corrected chi connectivity index (χ3v) is 6.20. The molecule has 4 heterocycles. The lowest BCUT2D eigenvalue weighted by atomic mass is 9.98. The second-order valence-corrected chi connectivity index (χ2v) is 9.02. The lowest BCUT2D eigenvalue weighted by molar-refractivity contribution is -0.132. The molecule has 12 heteroatoms. The van der Waals surface area contributed by atoms with E-state index in [0.717, 1.165) is 43.1 Å². The number of hydrogen-bond donors (Lipinski definition) is 2. The SMILES string of the molecule is CC.CSCCC(=O)N1CCCC(Cn2ncc3c2NC(Nc2cnn(CC(F)F)c2)N=C3)C1.[HH]. The van der Waals surface area contributed by atoms with E-state index < -0.39 is 19.3 Å². The number of likely N-dealkylation sites (tertiary alicyclic amines) is 1. The predicted molar refractivity (Wildman–Crippen MR) is 135 cm³/mol. The number of fused-ring (bicyclic) bond motifs is 1. The molecule has 0 bridgehead atoms. The summed E-state index contributed by atoms with van der Waals surface area (Å²) in [5, 5.41) is 14.9. The van der Waals surface area contributed by atoms with Gasteiger partial charge in [-0.15, -0.1) is 0 Å². The van der Waals surface area contributed by atoms with Crippen molar-refractivity contribution in [2.24, 2.45) is 10.9 Å². The molecule has 1 saturated heterocycles. The first-order chi connectivity index (χ1) is 16.5. The fourth-order valence-electron chi connectivity index (χ4n) is 4.06. The van der Waals surface area contributed by atoms with E-state index in [4.69, 9.17) is 0 Å². The maximum absolute atomic E-state index is 12.5. The summed E-state index contributed by atoms with van der Waals surface area (Å²) in [6.07, 6.45) is 8.28. The van der Waals surface area contributed by atoms with E-state index in [1.165, 1.54) is 17.1 Å². The van der Waals surface area contributed by atoms with Crippen molar-refractivity contribution in [3.63, 3.8) is 0 Å². The zero-order chi connectivity index (χ0) is 24.5. The van der Waals surface area contributed by atoms with E-state index in [1.54, 1.807) is 24.2 Å². The molecule has 9 nitrogen and oxygen atoms in total. The second-order valence-electron chi connectivity index (χ2n) is 8.03. The van der Waals surface area contributed by atoms with Crippen molar-refractivity contribution in [1.82, 2.24) is 24.5 Å². The molecule has 0 aromatic carbocycles. The maximum atomic E-state index is 12.5. The van der Waals surface area contributed by atoms with E-state index in [2.05, 4.69) is 25.8 Å². The van der Waals surface area contributed by atoms with Gasteiger partial charge in [0.1, 0.15) is 12.4 Å². The van der Waals surface area contributed by atoms with Crippen molar-refractivity contribution in [2.45, 2.75) is 58.9 Å².